The van der Waals surface area contributed by atoms with E-state index in [9.17, 15) is 38.4 Å². The number of benzene rings is 4. The summed E-state index contributed by atoms with van der Waals surface area (Å²) in [4.78, 5) is 120. The van der Waals surface area contributed by atoms with Crippen LogP contribution in [0.25, 0.3) is 11.1 Å². The molecule has 2 aliphatic heterocycles. The van der Waals surface area contributed by atoms with Crippen LogP contribution in [-0.4, -0.2) is 169 Å². The highest BCUT2D eigenvalue weighted by atomic mass is 16.2. The fourth-order valence-corrected chi connectivity index (χ4v) is 13.3. The number of rotatable bonds is 27. The molecule has 0 unspecified atom stereocenters. The molecule has 4 fully saturated rings. The molecular weight excluding hydrogens is 1110 g/mol. The molecule has 8 rings (SSSR count). The molecule has 18 nitrogen and oxygen atoms in total. The summed E-state index contributed by atoms with van der Waals surface area (Å²) in [6, 6.07) is 29.5. The lowest BCUT2D eigenvalue weighted by Gasteiger charge is -2.37. The number of hydrogen-bond donors (Lipinski definition) is 6. The molecule has 4 aliphatic rings. The first kappa shape index (κ1) is 66.5. The molecule has 4 aromatic carbocycles. The normalized spacial score (nSPS) is 19.3. The van der Waals surface area contributed by atoms with Crippen molar-refractivity contribution in [3.05, 3.63) is 131 Å². The van der Waals surface area contributed by atoms with Gasteiger partial charge < -0.3 is 51.5 Å². The van der Waals surface area contributed by atoms with Crippen LogP contribution in [0.4, 0.5) is 0 Å². The predicted octanol–water partition coefficient (Wildman–Crippen LogP) is 7.06. The number of likely N-dealkylation sites (tertiary alicyclic amines) is 2. The topological polar surface area (TPSA) is 222 Å². The molecule has 0 radical (unpaired) electrons. The van der Waals surface area contributed by atoms with Crippen LogP contribution in [0.15, 0.2) is 109 Å². The maximum Gasteiger partial charge on any atom is 0.251 e. The van der Waals surface area contributed by atoms with Crippen LogP contribution >= 0.6 is 0 Å². The second-order valence-electron chi connectivity index (χ2n) is 25.0. The number of carbonyl (C=O) groups excluding carboxylic acids is 8. The maximum absolute atomic E-state index is 14.6. The van der Waals surface area contributed by atoms with Gasteiger partial charge in [0.15, 0.2) is 0 Å². The Morgan fingerprint density at radius 2 is 0.784 bits per heavy atom. The van der Waals surface area contributed by atoms with Crippen molar-refractivity contribution in [1.29, 1.82) is 0 Å². The van der Waals surface area contributed by atoms with Gasteiger partial charge in [0.1, 0.15) is 24.2 Å². The highest BCUT2D eigenvalue weighted by Gasteiger charge is 2.42. The number of nitrogens with one attached hydrogen (secondary N) is 6. The molecule has 474 valence electrons. The third-order valence-corrected chi connectivity index (χ3v) is 18.9. The van der Waals surface area contributed by atoms with E-state index in [1.54, 1.807) is 75.9 Å². The van der Waals surface area contributed by atoms with Crippen LogP contribution in [0.5, 0.6) is 0 Å². The van der Waals surface area contributed by atoms with Gasteiger partial charge in [0.2, 0.25) is 35.4 Å². The highest BCUT2D eigenvalue weighted by Crippen LogP contribution is 2.32. The first-order valence-electron chi connectivity index (χ1n) is 32.6. The molecule has 88 heavy (non-hydrogen) atoms. The summed E-state index contributed by atoms with van der Waals surface area (Å²) in [6.45, 7) is 9.39. The van der Waals surface area contributed by atoms with Crippen LogP contribution in [0.1, 0.15) is 149 Å². The number of amides is 8. The standard InChI is InChI=1S/C70H96N10O8/c1-47(71-5)63(81)75-61(55-25-15-9-16-26-55)69(87)79-41-19-29-59(79)45-77(43-39-51-21-11-7-12-22-51)67(85)49(3)73-65(83)57-35-31-53(32-36-57)54-33-37-58(38-34-54)66(84)74-50(4)68(86)78(44-40-52-23-13-8-14-24-52)46-60-30-20-42-80(60)70(88)62(56-27-17-10-18-28-56)76-64(82)48(2)72-6/h7-8,11-14,21-24,31-38,47-50,55-56,59-62,71-72H,9-10,15-20,25-30,39-46H2,1-6H3,(H,73,83)(H,74,84)(H,75,81)(H,76,82)/t47-,48-,49-,50-,59-,60+,61-,62-/m0/s1. The van der Waals surface area contributed by atoms with E-state index in [4.69, 9.17) is 0 Å². The van der Waals surface area contributed by atoms with Crippen molar-refractivity contribution in [2.75, 3.05) is 53.4 Å². The summed E-state index contributed by atoms with van der Waals surface area (Å²) in [5.41, 5.74) is 4.45. The van der Waals surface area contributed by atoms with Gasteiger partial charge in [-0.05, 0) is 164 Å². The van der Waals surface area contributed by atoms with Crippen molar-refractivity contribution in [2.24, 2.45) is 11.8 Å². The smallest absolute Gasteiger partial charge is 0.251 e. The molecule has 4 aromatic rings. The lowest BCUT2D eigenvalue weighted by atomic mass is 9.83. The van der Waals surface area contributed by atoms with Crippen LogP contribution in [0, 0.1) is 11.8 Å². The Balaban J connectivity index is 0.887. The van der Waals surface area contributed by atoms with Crippen molar-refractivity contribution in [3.63, 3.8) is 0 Å². The zero-order valence-corrected chi connectivity index (χ0v) is 52.8. The summed E-state index contributed by atoms with van der Waals surface area (Å²) in [5.74, 6) is -1.85. The van der Waals surface area contributed by atoms with E-state index in [1.807, 2.05) is 94.7 Å². The number of hydrogen-bond acceptors (Lipinski definition) is 10. The largest absolute Gasteiger partial charge is 0.343 e. The van der Waals surface area contributed by atoms with E-state index in [0.29, 0.717) is 76.1 Å². The SMILES string of the molecule is CN[C@@H](C)C(=O)N[C@H](C(=O)N1CCC[C@@H]1CN(CCc1ccccc1)C(=O)[C@H](C)NC(=O)c1ccc(-c2ccc(C(=O)N[C@@H](C)C(=O)N(CCc3ccccc3)C[C@@H]3CCCN3C(=O)[C@@H](NC(=O)[C@H](C)NC)C3CCCCC3)cc2)cc1)C1CCCCC1. The zero-order chi connectivity index (χ0) is 62.7. The van der Waals surface area contributed by atoms with Gasteiger partial charge in [-0.3, -0.25) is 38.4 Å². The van der Waals surface area contributed by atoms with E-state index >= 15 is 0 Å². The Bertz CT molecular complexity index is 2750. The van der Waals surface area contributed by atoms with E-state index in [1.165, 1.54) is 0 Å². The average Bonchev–Trinajstić information content (AvgIpc) is 4.06. The Morgan fingerprint density at radius 3 is 1.12 bits per heavy atom. The second kappa shape index (κ2) is 32.7. The van der Waals surface area contributed by atoms with Crippen LogP contribution in [0.2, 0.25) is 0 Å². The van der Waals surface area contributed by atoms with E-state index in [-0.39, 0.29) is 59.4 Å². The minimum atomic E-state index is -0.883. The Hall–Kier alpha value is -7.44. The quantitative estimate of drug-likeness (QED) is 0.0357. The molecule has 2 heterocycles. The number of likely N-dealkylation sites (N-methyl/N-ethyl adjacent to an activating group) is 2. The van der Waals surface area contributed by atoms with E-state index < -0.39 is 48.1 Å². The van der Waals surface area contributed by atoms with E-state index in [0.717, 1.165) is 99.3 Å². The van der Waals surface area contributed by atoms with Gasteiger partial charge in [0.25, 0.3) is 11.8 Å². The molecule has 2 saturated heterocycles. The summed E-state index contributed by atoms with van der Waals surface area (Å²) in [6.07, 6.45) is 14.0. The molecule has 0 bridgehead atoms. The zero-order valence-electron chi connectivity index (χ0n) is 52.8. The highest BCUT2D eigenvalue weighted by molar-refractivity contribution is 5.99. The van der Waals surface area contributed by atoms with Crippen molar-refractivity contribution in [2.45, 2.75) is 179 Å². The predicted molar refractivity (Wildman–Crippen MR) is 343 cm³/mol. The van der Waals surface area contributed by atoms with Crippen molar-refractivity contribution in [3.8, 4) is 11.1 Å². The summed E-state index contributed by atoms with van der Waals surface area (Å²) in [7, 11) is 3.45. The first-order chi connectivity index (χ1) is 42.5. The van der Waals surface area contributed by atoms with Crippen molar-refractivity contribution >= 4 is 47.3 Å². The molecule has 0 spiro atoms. The van der Waals surface area contributed by atoms with Gasteiger partial charge in [-0.1, -0.05) is 123 Å². The minimum Gasteiger partial charge on any atom is -0.343 e. The summed E-state index contributed by atoms with van der Waals surface area (Å²) >= 11 is 0. The third-order valence-electron chi connectivity index (χ3n) is 18.9. The molecule has 6 N–H and O–H groups in total. The van der Waals surface area contributed by atoms with Crippen molar-refractivity contribution < 1.29 is 38.4 Å². The van der Waals surface area contributed by atoms with Gasteiger partial charge >= 0.3 is 0 Å². The van der Waals surface area contributed by atoms with Gasteiger partial charge in [-0.2, -0.15) is 0 Å². The van der Waals surface area contributed by atoms with Crippen LogP contribution < -0.4 is 31.9 Å². The monoisotopic (exact) mass is 1200 g/mol. The average molecular weight is 1210 g/mol. The summed E-state index contributed by atoms with van der Waals surface area (Å²) in [5, 5.41) is 18.1. The summed E-state index contributed by atoms with van der Waals surface area (Å²) < 4.78 is 0. The van der Waals surface area contributed by atoms with E-state index in [2.05, 4.69) is 31.9 Å². The first-order valence-corrected chi connectivity index (χ1v) is 32.6. The van der Waals surface area contributed by atoms with Gasteiger partial charge in [-0.15, -0.1) is 0 Å². The Kier molecular flexibility index (Phi) is 24.7. The molecule has 2 aliphatic carbocycles. The number of carbonyl (C=O) groups is 8. The fourth-order valence-electron chi connectivity index (χ4n) is 13.3. The second-order valence-corrected chi connectivity index (χ2v) is 25.0. The molecule has 2 saturated carbocycles. The lowest BCUT2D eigenvalue weighted by Crippen LogP contribution is -2.58. The lowest BCUT2D eigenvalue weighted by molar-refractivity contribution is -0.141. The molecule has 0 aromatic heterocycles. The Morgan fingerprint density at radius 1 is 0.432 bits per heavy atom. The maximum atomic E-state index is 14.6. The minimum absolute atomic E-state index is 0.0431. The fraction of sp³-hybridized carbons (Fsp3) is 0.543. The molecule has 8 amide bonds. The Labute approximate surface area is 521 Å². The van der Waals surface area contributed by atoms with Gasteiger partial charge in [0.05, 0.1) is 12.1 Å². The van der Waals surface area contributed by atoms with Gasteiger partial charge in [-0.25, -0.2) is 0 Å². The molecule has 18 heteroatoms. The molecule has 8 atom stereocenters. The molecular formula is C70H96N10O8. The number of nitrogens with zero attached hydrogens (tertiary/aromatic N) is 4. The third kappa shape index (κ3) is 17.9. The van der Waals surface area contributed by atoms with Crippen molar-refractivity contribution in [1.82, 2.24) is 51.5 Å². The van der Waals surface area contributed by atoms with Crippen LogP contribution in [-0.2, 0) is 41.6 Å². The van der Waals surface area contributed by atoms with Crippen LogP contribution in [0.3, 0.4) is 0 Å². The van der Waals surface area contributed by atoms with Gasteiger partial charge in [0, 0.05) is 62.5 Å².